The van der Waals surface area contributed by atoms with Gasteiger partial charge in [-0.2, -0.15) is 0 Å². The normalized spacial score (nSPS) is 10.0. The maximum Gasteiger partial charge on any atom is 0.208 e. The van der Waals surface area contributed by atoms with Crippen LogP contribution in [0, 0.1) is 0 Å². The summed E-state index contributed by atoms with van der Waals surface area (Å²) in [5.41, 5.74) is 0.676. The number of hydrogen-bond acceptors (Lipinski definition) is 6. The van der Waals surface area contributed by atoms with Gasteiger partial charge in [-0.1, -0.05) is 4.49 Å². The molecule has 0 amide bonds. The molecule has 0 atom stereocenters. The quantitative estimate of drug-likeness (QED) is 0.601. The van der Waals surface area contributed by atoms with Gasteiger partial charge in [0.05, 0.1) is 0 Å². The van der Waals surface area contributed by atoms with Crippen molar-refractivity contribution in [2.75, 3.05) is 0 Å². The third-order valence-electron chi connectivity index (χ3n) is 0.974. The largest absolute Gasteiger partial charge is 0.335 e. The van der Waals surface area contributed by atoms with Crippen molar-refractivity contribution in [3.05, 3.63) is 11.6 Å². The van der Waals surface area contributed by atoms with Crippen LogP contribution in [0.15, 0.2) is 16.1 Å². The Labute approximate surface area is 59.8 Å². The second kappa shape index (κ2) is 2.14. The van der Waals surface area contributed by atoms with Gasteiger partial charge < -0.3 is 4.52 Å². The topological polar surface area (TPSA) is 64.7 Å². The molecule has 0 N–H and O–H groups in total. The smallest absolute Gasteiger partial charge is 0.208 e. The fraction of sp³-hybridized carbons (Fsp3) is 0. The van der Waals surface area contributed by atoms with Crippen molar-refractivity contribution in [2.45, 2.75) is 0 Å². The van der Waals surface area contributed by atoms with Crippen LogP contribution in [0.1, 0.15) is 0 Å². The van der Waals surface area contributed by atoms with Gasteiger partial charge >= 0.3 is 0 Å². The van der Waals surface area contributed by atoms with E-state index >= 15 is 0 Å². The molecule has 0 aliphatic rings. The fourth-order valence-corrected chi connectivity index (χ4v) is 0.997. The zero-order chi connectivity index (χ0) is 6.81. The zero-order valence-corrected chi connectivity index (χ0v) is 5.58. The van der Waals surface area contributed by atoms with E-state index in [1.54, 1.807) is 5.38 Å². The van der Waals surface area contributed by atoms with Crippen molar-refractivity contribution in [2.24, 2.45) is 0 Å². The maximum absolute atomic E-state index is 4.72. The molecule has 5 nitrogen and oxygen atoms in total. The van der Waals surface area contributed by atoms with Gasteiger partial charge in [-0.3, -0.25) is 0 Å². The summed E-state index contributed by atoms with van der Waals surface area (Å²) < 4.78 is 8.38. The van der Waals surface area contributed by atoms with E-state index < -0.39 is 0 Å². The first-order valence-electron chi connectivity index (χ1n) is 2.51. The predicted octanol–water partition coefficient (Wildman–Crippen LogP) is 0.588. The van der Waals surface area contributed by atoms with Crippen LogP contribution >= 0.6 is 11.5 Å². The minimum Gasteiger partial charge on any atom is -0.335 e. The Morgan fingerprint density at radius 2 is 2.50 bits per heavy atom. The van der Waals surface area contributed by atoms with Gasteiger partial charge in [0.25, 0.3) is 0 Å². The van der Waals surface area contributed by atoms with Crippen molar-refractivity contribution in [3.8, 4) is 11.5 Å². The Balaban J connectivity index is 2.48. The van der Waals surface area contributed by atoms with E-state index in [1.165, 1.54) is 17.7 Å². The molecule has 2 aromatic heterocycles. The molecule has 0 fully saturated rings. The van der Waals surface area contributed by atoms with E-state index in [9.17, 15) is 0 Å². The first-order chi connectivity index (χ1) is 4.97. The molecule has 0 aliphatic heterocycles. The molecular formula is C4H2N4OS. The molecule has 0 radical (unpaired) electrons. The van der Waals surface area contributed by atoms with Gasteiger partial charge in [-0.15, -0.1) is 10.2 Å². The van der Waals surface area contributed by atoms with Gasteiger partial charge in [0.1, 0.15) is 11.9 Å². The van der Waals surface area contributed by atoms with E-state index in [-0.39, 0.29) is 0 Å². The number of rotatable bonds is 1. The van der Waals surface area contributed by atoms with Gasteiger partial charge in [-0.05, 0) is 11.5 Å². The van der Waals surface area contributed by atoms with Crippen LogP contribution in [0.2, 0.25) is 0 Å². The maximum atomic E-state index is 4.72. The van der Waals surface area contributed by atoms with Crippen LogP contribution in [-0.2, 0) is 0 Å². The summed E-state index contributed by atoms with van der Waals surface area (Å²) in [6, 6.07) is 0. The van der Waals surface area contributed by atoms with E-state index in [2.05, 4.69) is 20.0 Å². The average molecular weight is 154 g/mol. The first-order valence-corrected chi connectivity index (χ1v) is 3.35. The summed E-state index contributed by atoms with van der Waals surface area (Å²) >= 11 is 1.26. The lowest BCUT2D eigenvalue weighted by Crippen LogP contribution is -1.71. The van der Waals surface area contributed by atoms with E-state index in [0.717, 1.165) is 0 Å². The molecular weight excluding hydrogens is 152 g/mol. The average Bonchev–Trinajstić information content (AvgIpc) is 2.59. The Kier molecular flexibility index (Phi) is 1.17. The molecule has 2 rings (SSSR count). The summed E-state index contributed by atoms with van der Waals surface area (Å²) in [5.74, 6) is 0.550. The lowest BCUT2D eigenvalue weighted by Gasteiger charge is -1.77. The molecule has 6 heteroatoms. The van der Waals surface area contributed by atoms with Gasteiger partial charge in [-0.25, -0.2) is 0 Å². The number of aromatic nitrogens is 4. The number of nitrogens with zero attached hydrogens (tertiary/aromatic N) is 4. The highest BCUT2D eigenvalue weighted by atomic mass is 32.1. The monoisotopic (exact) mass is 154 g/mol. The summed E-state index contributed by atoms with van der Waals surface area (Å²) in [4.78, 5) is 0. The lowest BCUT2D eigenvalue weighted by molar-refractivity contribution is 0.402. The third kappa shape index (κ3) is 0.781. The highest BCUT2D eigenvalue weighted by Gasteiger charge is 2.03. The molecule has 50 valence electrons. The molecule has 0 saturated heterocycles. The Morgan fingerprint density at radius 1 is 1.50 bits per heavy atom. The molecule has 0 aromatic carbocycles. The van der Waals surface area contributed by atoms with Crippen molar-refractivity contribution >= 4 is 11.5 Å². The second-order valence-corrected chi connectivity index (χ2v) is 2.18. The van der Waals surface area contributed by atoms with Gasteiger partial charge in [0, 0.05) is 10.7 Å². The van der Waals surface area contributed by atoms with Crippen LogP contribution in [0.4, 0.5) is 0 Å². The van der Waals surface area contributed by atoms with Gasteiger partial charge in [0.2, 0.25) is 5.76 Å². The molecule has 0 unspecified atom stereocenters. The molecule has 0 aliphatic carbocycles. The summed E-state index contributed by atoms with van der Waals surface area (Å²) in [6.07, 6.45) is 1.50. The first kappa shape index (κ1) is 5.48. The highest BCUT2D eigenvalue weighted by molar-refractivity contribution is 7.03. The van der Waals surface area contributed by atoms with E-state index in [4.69, 9.17) is 4.52 Å². The molecule has 2 aromatic rings. The van der Waals surface area contributed by atoms with Crippen LogP contribution in [0.3, 0.4) is 0 Å². The second-order valence-electron chi connectivity index (χ2n) is 1.57. The van der Waals surface area contributed by atoms with Gasteiger partial charge in [0.15, 0.2) is 0 Å². The molecule has 2 heterocycles. The predicted molar refractivity (Wildman–Crippen MR) is 33.2 cm³/mol. The van der Waals surface area contributed by atoms with Crippen molar-refractivity contribution in [1.29, 1.82) is 0 Å². The van der Waals surface area contributed by atoms with E-state index in [0.29, 0.717) is 11.5 Å². The van der Waals surface area contributed by atoms with Crippen LogP contribution in [0.25, 0.3) is 11.5 Å². The highest BCUT2D eigenvalue weighted by Crippen LogP contribution is 2.14. The molecule has 10 heavy (non-hydrogen) atoms. The van der Waals surface area contributed by atoms with Crippen LogP contribution in [-0.4, -0.2) is 20.0 Å². The molecule has 0 spiro atoms. The summed E-state index contributed by atoms with van der Waals surface area (Å²) in [6.45, 7) is 0. The Hall–Kier alpha value is -1.30. The third-order valence-corrected chi connectivity index (χ3v) is 1.48. The van der Waals surface area contributed by atoms with Crippen molar-refractivity contribution in [3.63, 3.8) is 0 Å². The summed E-state index contributed by atoms with van der Waals surface area (Å²) in [5, 5.41) is 12.3. The summed E-state index contributed by atoms with van der Waals surface area (Å²) in [7, 11) is 0. The minimum absolute atomic E-state index is 0.550. The molecule has 0 bridgehead atoms. The Bertz CT molecular complexity index is 257. The number of hydrogen-bond donors (Lipinski definition) is 0. The SMILES string of the molecule is c1snnc1-c1cnno1. The van der Waals surface area contributed by atoms with Crippen LogP contribution in [0.5, 0.6) is 0 Å². The van der Waals surface area contributed by atoms with Crippen molar-refractivity contribution < 1.29 is 4.52 Å². The zero-order valence-electron chi connectivity index (χ0n) is 4.76. The standard InChI is InChI=1S/C4H2N4OS/c1-4(9-7-5-1)3-2-10-8-6-3/h1-2H. The fourth-order valence-electron chi connectivity index (χ4n) is 0.552. The molecule has 0 saturated carbocycles. The minimum atomic E-state index is 0.550. The van der Waals surface area contributed by atoms with E-state index in [1.807, 2.05) is 0 Å². The van der Waals surface area contributed by atoms with Crippen LogP contribution < -0.4 is 0 Å². The Morgan fingerprint density at radius 3 is 3.10 bits per heavy atom. The van der Waals surface area contributed by atoms with Crippen molar-refractivity contribution in [1.82, 2.24) is 20.0 Å². The lowest BCUT2D eigenvalue weighted by atomic mass is 10.4.